The number of ketones is 1. The summed E-state index contributed by atoms with van der Waals surface area (Å²) in [7, 11) is 0. The van der Waals surface area contributed by atoms with E-state index in [1.807, 2.05) is 37.3 Å². The van der Waals surface area contributed by atoms with Gasteiger partial charge < -0.3 is 10.6 Å². The van der Waals surface area contributed by atoms with Gasteiger partial charge in [-0.25, -0.2) is 5.06 Å². The van der Waals surface area contributed by atoms with Gasteiger partial charge in [0.1, 0.15) is 6.61 Å². The number of anilines is 1. The third-order valence-corrected chi connectivity index (χ3v) is 6.13. The molecule has 40 heavy (non-hydrogen) atoms. The number of hydroxylamine groups is 2. The molecule has 0 aliphatic heterocycles. The molecule has 2 N–H and O–H groups in total. The lowest BCUT2D eigenvalue weighted by Gasteiger charge is -2.32. The number of nitrogens with one attached hydrogen (secondary N) is 2. The number of Topliss-reactive ketones (excluding diaryl/α,β-unsaturated/α-hetero) is 1. The fraction of sp³-hybridized carbons (Fsp3) is 0.448. The maximum Gasteiger partial charge on any atom is 0.471 e. The lowest BCUT2D eigenvalue weighted by atomic mass is 9.81. The third-order valence-electron chi connectivity index (χ3n) is 6.13. The van der Waals surface area contributed by atoms with E-state index in [0.717, 1.165) is 17.0 Å². The molecule has 0 aliphatic rings. The van der Waals surface area contributed by atoms with Gasteiger partial charge in [-0.1, -0.05) is 70.9 Å². The van der Waals surface area contributed by atoms with Crippen molar-refractivity contribution in [2.45, 2.75) is 65.8 Å². The van der Waals surface area contributed by atoms with Crippen molar-refractivity contribution in [2.24, 2.45) is 11.3 Å². The zero-order valence-corrected chi connectivity index (χ0v) is 23.1. The van der Waals surface area contributed by atoms with Crippen LogP contribution in [0.25, 0.3) is 0 Å². The second kappa shape index (κ2) is 14.6. The number of alkyl halides is 3. The number of halogens is 3. The highest BCUT2D eigenvalue weighted by molar-refractivity contribution is 6.03. The summed E-state index contributed by atoms with van der Waals surface area (Å²) < 4.78 is 37.6. The van der Waals surface area contributed by atoms with E-state index in [-0.39, 0.29) is 24.4 Å². The van der Waals surface area contributed by atoms with Crippen LogP contribution in [0, 0.1) is 11.3 Å². The molecule has 0 unspecified atom stereocenters. The number of hydrogen-bond donors (Lipinski definition) is 2. The Labute approximate surface area is 232 Å². The largest absolute Gasteiger partial charge is 0.471 e. The summed E-state index contributed by atoms with van der Waals surface area (Å²) in [5, 5.41) is 5.64. The molecule has 2 atom stereocenters. The Morgan fingerprint density at radius 3 is 2.15 bits per heavy atom. The summed E-state index contributed by atoms with van der Waals surface area (Å²) in [5.74, 6) is -3.65. The van der Waals surface area contributed by atoms with Crippen LogP contribution in [0.4, 0.5) is 18.9 Å². The van der Waals surface area contributed by atoms with Crippen LogP contribution in [0.5, 0.6) is 0 Å². The SMILES string of the molecule is CCCC[C@H](CN(C=O)OCc1ccccc1)C(=O)N[C@H](C(=O)c1ccc(NC(=O)C(F)(F)F)cc1)C(C)(C)C. The molecule has 0 saturated heterocycles. The second-order valence-corrected chi connectivity index (χ2v) is 10.5. The topological polar surface area (TPSA) is 105 Å². The number of carbonyl (C=O) groups excluding carboxylic acids is 4. The molecule has 218 valence electrons. The summed E-state index contributed by atoms with van der Waals surface area (Å²) in [5.41, 5.74) is 0.154. The van der Waals surface area contributed by atoms with E-state index in [1.54, 1.807) is 26.1 Å². The van der Waals surface area contributed by atoms with Crippen molar-refractivity contribution in [3.8, 4) is 0 Å². The predicted molar refractivity (Wildman–Crippen MR) is 144 cm³/mol. The van der Waals surface area contributed by atoms with Gasteiger partial charge in [0.05, 0.1) is 18.5 Å². The maximum absolute atomic E-state index is 13.4. The van der Waals surface area contributed by atoms with E-state index in [4.69, 9.17) is 4.84 Å². The average molecular weight is 564 g/mol. The average Bonchev–Trinajstić information content (AvgIpc) is 2.90. The first-order chi connectivity index (χ1) is 18.8. The lowest BCUT2D eigenvalue weighted by Crippen LogP contribution is -2.52. The molecule has 2 rings (SSSR count). The monoisotopic (exact) mass is 563 g/mol. The van der Waals surface area contributed by atoms with Gasteiger partial charge in [0, 0.05) is 11.3 Å². The Morgan fingerprint density at radius 2 is 1.62 bits per heavy atom. The van der Waals surface area contributed by atoms with Crippen LogP contribution in [0.1, 0.15) is 62.9 Å². The minimum absolute atomic E-state index is 0.0131. The Bertz CT molecular complexity index is 1130. The van der Waals surface area contributed by atoms with E-state index in [9.17, 15) is 32.3 Å². The minimum atomic E-state index is -5.05. The number of amides is 3. The molecule has 2 aromatic carbocycles. The summed E-state index contributed by atoms with van der Waals surface area (Å²) in [6.45, 7) is 7.42. The summed E-state index contributed by atoms with van der Waals surface area (Å²) in [4.78, 5) is 55.3. The minimum Gasteiger partial charge on any atom is -0.345 e. The number of carbonyl (C=O) groups is 4. The van der Waals surface area contributed by atoms with Gasteiger partial charge in [0.15, 0.2) is 5.78 Å². The van der Waals surface area contributed by atoms with Gasteiger partial charge >= 0.3 is 12.1 Å². The molecular formula is C29H36F3N3O5. The van der Waals surface area contributed by atoms with Gasteiger partial charge in [-0.2, -0.15) is 13.2 Å². The lowest BCUT2D eigenvalue weighted by molar-refractivity contribution is -0.182. The van der Waals surface area contributed by atoms with Crippen molar-refractivity contribution in [3.63, 3.8) is 0 Å². The van der Waals surface area contributed by atoms with E-state index in [2.05, 4.69) is 5.32 Å². The van der Waals surface area contributed by atoms with Gasteiger partial charge in [-0.05, 0) is 41.7 Å². The van der Waals surface area contributed by atoms with Crippen LogP contribution in [-0.4, -0.2) is 47.8 Å². The zero-order chi connectivity index (χ0) is 29.9. The standard InChI is InChI=1S/C29H36F3N3O5/c1-5-6-12-22(17-35(19-36)40-18-20-10-8-7-9-11-20)26(38)34-25(28(2,3)4)24(37)21-13-15-23(16-14-21)33-27(39)29(30,31)32/h7-11,13-16,19,22,25H,5-6,12,17-18H2,1-4H3,(H,33,39)(H,34,38)/t22-,25-/m1/s1. The third kappa shape index (κ3) is 10.1. The molecule has 0 radical (unpaired) electrons. The number of benzene rings is 2. The van der Waals surface area contributed by atoms with Crippen molar-refractivity contribution in [1.82, 2.24) is 10.4 Å². The molecule has 0 saturated carbocycles. The van der Waals surface area contributed by atoms with Crippen LogP contribution in [-0.2, 0) is 25.8 Å². The molecular weight excluding hydrogens is 527 g/mol. The fourth-order valence-electron chi connectivity index (χ4n) is 3.85. The molecule has 8 nitrogen and oxygen atoms in total. The van der Waals surface area contributed by atoms with Gasteiger partial charge in [-0.15, -0.1) is 0 Å². The maximum atomic E-state index is 13.4. The molecule has 0 aromatic heterocycles. The molecule has 11 heteroatoms. The first kappa shape index (κ1) is 32.5. The fourth-order valence-corrected chi connectivity index (χ4v) is 3.85. The molecule has 2 aromatic rings. The number of nitrogens with zero attached hydrogens (tertiary/aromatic N) is 1. The highest BCUT2D eigenvalue weighted by Gasteiger charge is 2.39. The number of unbranched alkanes of at least 4 members (excludes halogenated alkanes) is 1. The molecule has 0 bridgehead atoms. The van der Waals surface area contributed by atoms with Crippen molar-refractivity contribution >= 4 is 29.7 Å². The summed E-state index contributed by atoms with van der Waals surface area (Å²) >= 11 is 0. The van der Waals surface area contributed by atoms with E-state index in [1.165, 1.54) is 24.3 Å². The Morgan fingerprint density at radius 1 is 1.00 bits per heavy atom. The van der Waals surface area contributed by atoms with Gasteiger partial charge in [-0.3, -0.25) is 24.0 Å². The summed E-state index contributed by atoms with van der Waals surface area (Å²) in [6, 6.07) is 13.2. The first-order valence-electron chi connectivity index (χ1n) is 13.0. The Kier molecular flexibility index (Phi) is 11.9. The van der Waals surface area contributed by atoms with E-state index >= 15 is 0 Å². The molecule has 0 heterocycles. The van der Waals surface area contributed by atoms with Crippen molar-refractivity contribution in [2.75, 3.05) is 11.9 Å². The number of hydrogen-bond acceptors (Lipinski definition) is 5. The molecule has 3 amide bonds. The van der Waals surface area contributed by atoms with Crippen LogP contribution in [0.15, 0.2) is 54.6 Å². The van der Waals surface area contributed by atoms with Crippen LogP contribution in [0.3, 0.4) is 0 Å². The van der Waals surface area contributed by atoms with Crippen molar-refractivity contribution < 1.29 is 37.2 Å². The second-order valence-electron chi connectivity index (χ2n) is 10.5. The van der Waals surface area contributed by atoms with E-state index in [0.29, 0.717) is 19.3 Å². The van der Waals surface area contributed by atoms with Crippen molar-refractivity contribution in [3.05, 3.63) is 65.7 Å². The predicted octanol–water partition coefficient (Wildman–Crippen LogP) is 5.30. The normalized spacial score (nSPS) is 13.2. The smallest absolute Gasteiger partial charge is 0.345 e. The zero-order valence-electron chi connectivity index (χ0n) is 23.1. The highest BCUT2D eigenvalue weighted by Crippen LogP contribution is 2.25. The first-order valence-corrected chi connectivity index (χ1v) is 13.0. The van der Waals surface area contributed by atoms with Crippen molar-refractivity contribution in [1.29, 1.82) is 0 Å². The number of rotatable bonds is 14. The van der Waals surface area contributed by atoms with Gasteiger partial charge in [0.25, 0.3) is 0 Å². The summed E-state index contributed by atoms with van der Waals surface area (Å²) in [6.07, 6.45) is -2.55. The molecule has 0 fully saturated rings. The highest BCUT2D eigenvalue weighted by atomic mass is 19.4. The van der Waals surface area contributed by atoms with Crippen LogP contribution >= 0.6 is 0 Å². The van der Waals surface area contributed by atoms with E-state index < -0.39 is 41.1 Å². The quantitative estimate of drug-likeness (QED) is 0.185. The molecule has 0 spiro atoms. The van der Waals surface area contributed by atoms with Crippen LogP contribution in [0.2, 0.25) is 0 Å². The Hall–Kier alpha value is -3.73. The molecule has 0 aliphatic carbocycles. The van der Waals surface area contributed by atoms with Crippen LogP contribution < -0.4 is 10.6 Å². The van der Waals surface area contributed by atoms with Gasteiger partial charge in [0.2, 0.25) is 12.3 Å². The Balaban J connectivity index is 2.16.